The number of nitriles is 1. The van der Waals surface area contributed by atoms with Crippen LogP contribution in [0.5, 0.6) is 0 Å². The van der Waals surface area contributed by atoms with E-state index in [9.17, 15) is 5.11 Å². The Morgan fingerprint density at radius 2 is 1.76 bits per heavy atom. The fraction of sp³-hybridized carbons (Fsp3) is 0.722. The van der Waals surface area contributed by atoms with Gasteiger partial charge in [-0.1, -0.05) is 26.0 Å². The molecule has 3 nitrogen and oxygen atoms in total. The highest BCUT2D eigenvalue weighted by atomic mass is 16.3. The van der Waals surface area contributed by atoms with Crippen LogP contribution in [0.4, 0.5) is 0 Å². The summed E-state index contributed by atoms with van der Waals surface area (Å²) in [6, 6.07) is 2.20. The summed E-state index contributed by atoms with van der Waals surface area (Å²) in [5.74, 6) is 0. The van der Waals surface area contributed by atoms with Gasteiger partial charge in [-0.25, -0.2) is 0 Å². The molecule has 120 valence electrons. The molecule has 3 heteroatoms. The molecule has 0 bridgehead atoms. The van der Waals surface area contributed by atoms with Crippen molar-refractivity contribution in [3.63, 3.8) is 0 Å². The third kappa shape index (κ3) is 6.03. The van der Waals surface area contributed by atoms with Gasteiger partial charge in [-0.2, -0.15) is 5.26 Å². The molecule has 0 aromatic heterocycles. The van der Waals surface area contributed by atoms with Crippen LogP contribution in [0.1, 0.15) is 59.3 Å². The van der Waals surface area contributed by atoms with Gasteiger partial charge in [-0.05, 0) is 44.4 Å². The van der Waals surface area contributed by atoms with Crippen molar-refractivity contribution in [1.82, 2.24) is 5.32 Å². The Balaban J connectivity index is 4.80. The van der Waals surface area contributed by atoms with Crippen molar-refractivity contribution in [2.75, 3.05) is 6.54 Å². The van der Waals surface area contributed by atoms with E-state index >= 15 is 0 Å². The van der Waals surface area contributed by atoms with E-state index in [4.69, 9.17) is 5.26 Å². The summed E-state index contributed by atoms with van der Waals surface area (Å²) in [6.45, 7) is 14.6. The van der Waals surface area contributed by atoms with Gasteiger partial charge < -0.3 is 10.4 Å². The molecule has 0 saturated heterocycles. The maximum atomic E-state index is 10.7. The molecule has 0 aromatic rings. The van der Waals surface area contributed by atoms with Crippen molar-refractivity contribution in [2.24, 2.45) is 5.41 Å². The monoisotopic (exact) mass is 292 g/mol. The van der Waals surface area contributed by atoms with Crippen molar-refractivity contribution in [2.45, 2.75) is 70.9 Å². The summed E-state index contributed by atoms with van der Waals surface area (Å²) in [4.78, 5) is 0. The smallest absolute Gasteiger partial charge is 0.0865 e. The lowest BCUT2D eigenvalue weighted by Gasteiger charge is -2.38. The Hall–Kier alpha value is -1.11. The molecule has 0 fully saturated rings. The van der Waals surface area contributed by atoms with Gasteiger partial charge in [-0.3, -0.25) is 0 Å². The molecule has 0 rings (SSSR count). The van der Waals surface area contributed by atoms with Gasteiger partial charge in [0.15, 0.2) is 0 Å². The Morgan fingerprint density at radius 3 is 2.14 bits per heavy atom. The molecule has 0 saturated carbocycles. The lowest BCUT2D eigenvalue weighted by molar-refractivity contribution is 0.00809. The summed E-state index contributed by atoms with van der Waals surface area (Å²) in [5, 5.41) is 23.1. The first kappa shape index (κ1) is 19.9. The first-order chi connectivity index (χ1) is 9.93. The van der Waals surface area contributed by atoms with Crippen LogP contribution in [-0.2, 0) is 0 Å². The molecule has 0 unspecified atom stereocenters. The Morgan fingerprint density at radius 1 is 1.24 bits per heavy atom. The molecule has 21 heavy (non-hydrogen) atoms. The molecular weight excluding hydrogens is 260 g/mol. The van der Waals surface area contributed by atoms with E-state index in [1.807, 2.05) is 6.92 Å². The van der Waals surface area contributed by atoms with E-state index in [2.05, 4.69) is 38.4 Å². The van der Waals surface area contributed by atoms with E-state index in [1.165, 1.54) is 0 Å². The van der Waals surface area contributed by atoms with Crippen LogP contribution >= 0.6 is 0 Å². The van der Waals surface area contributed by atoms with E-state index in [-0.39, 0.29) is 11.5 Å². The predicted molar refractivity (Wildman–Crippen MR) is 89.9 cm³/mol. The average molecular weight is 292 g/mol. The lowest BCUT2D eigenvalue weighted by atomic mass is 9.77. The fourth-order valence-corrected chi connectivity index (χ4v) is 2.76. The quantitative estimate of drug-likeness (QED) is 0.535. The molecule has 0 aliphatic carbocycles. The van der Waals surface area contributed by atoms with Crippen LogP contribution in [0.2, 0.25) is 0 Å². The summed E-state index contributed by atoms with van der Waals surface area (Å²) in [5.41, 5.74) is -0.709. The third-order valence-electron chi connectivity index (χ3n) is 4.85. The largest absolute Gasteiger partial charge is 0.388 e. The molecule has 0 aromatic carbocycles. The minimum absolute atomic E-state index is 0.0481. The minimum Gasteiger partial charge on any atom is -0.388 e. The zero-order valence-electron chi connectivity index (χ0n) is 14.0. The van der Waals surface area contributed by atoms with Crippen LogP contribution in [0, 0.1) is 16.7 Å². The van der Waals surface area contributed by atoms with Crippen LogP contribution in [0.15, 0.2) is 25.3 Å². The maximum Gasteiger partial charge on any atom is 0.0865 e. The second-order valence-electron chi connectivity index (χ2n) is 6.06. The first-order valence-electron chi connectivity index (χ1n) is 7.98. The summed E-state index contributed by atoms with van der Waals surface area (Å²) in [6.07, 6.45) is 8.14. The summed E-state index contributed by atoms with van der Waals surface area (Å²) in [7, 11) is 0. The van der Waals surface area contributed by atoms with Gasteiger partial charge in [0.2, 0.25) is 0 Å². The van der Waals surface area contributed by atoms with Crippen LogP contribution < -0.4 is 5.32 Å². The molecule has 0 amide bonds. The van der Waals surface area contributed by atoms with Gasteiger partial charge in [0, 0.05) is 19.0 Å². The predicted octanol–water partition coefficient (Wildman–Crippen LogP) is 3.96. The number of nitrogens with zero attached hydrogens (tertiary/aromatic N) is 1. The van der Waals surface area contributed by atoms with E-state index in [0.717, 1.165) is 25.8 Å². The normalized spacial score (nSPS) is 13.5. The average Bonchev–Trinajstić information content (AvgIpc) is 2.48. The van der Waals surface area contributed by atoms with Crippen LogP contribution in [-0.4, -0.2) is 23.3 Å². The van der Waals surface area contributed by atoms with E-state index < -0.39 is 5.60 Å². The molecule has 0 aliphatic rings. The fourth-order valence-electron chi connectivity index (χ4n) is 2.76. The number of rotatable bonds is 12. The standard InChI is InChI=1S/C18H32N2O/c1-6-11-18(21,12-7-2)16(5)20-15-17(8-3,9-4)13-10-14-19/h6-7,16,20-21H,1-2,8-13,15H2,3-5H3/t16-/m0/s1. The first-order valence-corrected chi connectivity index (χ1v) is 7.98. The van der Waals surface area contributed by atoms with Crippen LogP contribution in [0.3, 0.4) is 0 Å². The molecule has 0 heterocycles. The third-order valence-corrected chi connectivity index (χ3v) is 4.85. The molecular formula is C18H32N2O. The minimum atomic E-state index is -0.841. The molecule has 1 atom stereocenters. The van der Waals surface area contributed by atoms with Crippen molar-refractivity contribution in [1.29, 1.82) is 5.26 Å². The van der Waals surface area contributed by atoms with Gasteiger partial charge in [0.05, 0.1) is 11.7 Å². The van der Waals surface area contributed by atoms with E-state index in [1.54, 1.807) is 12.2 Å². The van der Waals surface area contributed by atoms with Crippen LogP contribution in [0.25, 0.3) is 0 Å². The molecule has 0 spiro atoms. The highest BCUT2D eigenvalue weighted by Crippen LogP contribution is 2.32. The number of hydrogen-bond acceptors (Lipinski definition) is 3. The summed E-state index contributed by atoms with van der Waals surface area (Å²) >= 11 is 0. The molecule has 2 N–H and O–H groups in total. The van der Waals surface area contributed by atoms with Crippen molar-refractivity contribution < 1.29 is 5.11 Å². The zero-order valence-corrected chi connectivity index (χ0v) is 14.0. The molecule has 0 aliphatic heterocycles. The van der Waals surface area contributed by atoms with Crippen molar-refractivity contribution in [3.8, 4) is 6.07 Å². The van der Waals surface area contributed by atoms with Gasteiger partial charge in [0.1, 0.15) is 0 Å². The van der Waals surface area contributed by atoms with Crippen molar-refractivity contribution in [3.05, 3.63) is 25.3 Å². The highest BCUT2D eigenvalue weighted by molar-refractivity contribution is 4.99. The van der Waals surface area contributed by atoms with Gasteiger partial charge in [0.25, 0.3) is 0 Å². The maximum absolute atomic E-state index is 10.7. The number of hydrogen-bond donors (Lipinski definition) is 2. The topological polar surface area (TPSA) is 56.0 Å². The van der Waals surface area contributed by atoms with Gasteiger partial charge >= 0.3 is 0 Å². The van der Waals surface area contributed by atoms with E-state index in [0.29, 0.717) is 19.3 Å². The Kier molecular flexibility index (Phi) is 9.24. The lowest BCUT2D eigenvalue weighted by Crippen LogP contribution is -2.51. The highest BCUT2D eigenvalue weighted by Gasteiger charge is 2.33. The Bertz CT molecular complexity index is 343. The second-order valence-corrected chi connectivity index (χ2v) is 6.06. The zero-order chi connectivity index (χ0) is 16.4. The Labute approximate surface area is 130 Å². The second kappa shape index (κ2) is 9.76. The summed E-state index contributed by atoms with van der Waals surface area (Å²) < 4.78 is 0. The molecule has 0 radical (unpaired) electrons. The van der Waals surface area contributed by atoms with Crippen molar-refractivity contribution >= 4 is 0 Å². The number of aliphatic hydroxyl groups is 1. The van der Waals surface area contributed by atoms with Gasteiger partial charge in [-0.15, -0.1) is 13.2 Å². The SMILES string of the molecule is C=CCC(O)(CC=C)[C@H](C)NCC(CC)(CC)CCC#N. The number of nitrogens with one attached hydrogen (secondary N) is 1.